The zero-order valence-electron chi connectivity index (χ0n) is 30.9. The molecule has 2 aromatic carbocycles. The van der Waals surface area contributed by atoms with E-state index in [9.17, 15) is 14.0 Å². The number of nitrogens with one attached hydrogen (secondary N) is 3. The first-order valence-electron chi connectivity index (χ1n) is 20.3. The first-order valence-corrected chi connectivity index (χ1v) is 20.3. The van der Waals surface area contributed by atoms with E-state index in [0.717, 1.165) is 85.3 Å². The first-order chi connectivity index (χ1) is 24.7. The van der Waals surface area contributed by atoms with Crippen LogP contribution in [0.3, 0.4) is 0 Å². The highest BCUT2D eigenvalue weighted by molar-refractivity contribution is 6.10. The number of hydrogen-bond donors (Lipinski definition) is 3. The van der Waals surface area contributed by atoms with E-state index in [2.05, 4.69) is 53.7 Å². The van der Waals surface area contributed by atoms with E-state index in [-0.39, 0.29) is 5.91 Å². The van der Waals surface area contributed by atoms with E-state index in [1.165, 1.54) is 81.9 Å². The maximum atomic E-state index is 14.3. The Balaban J connectivity index is 0.731. The van der Waals surface area contributed by atoms with Crippen molar-refractivity contribution in [3.05, 3.63) is 58.9 Å². The van der Waals surface area contributed by atoms with E-state index in [4.69, 9.17) is 4.74 Å². The quantitative estimate of drug-likeness (QED) is 0.165. The van der Waals surface area contributed by atoms with Gasteiger partial charge >= 0.3 is 0 Å². The number of carbonyl (C=O) groups is 2. The van der Waals surface area contributed by atoms with Crippen LogP contribution in [0.5, 0.6) is 0 Å². The van der Waals surface area contributed by atoms with Crippen molar-refractivity contribution < 1.29 is 18.7 Å². The lowest BCUT2D eigenvalue weighted by Gasteiger charge is -2.60. The lowest BCUT2D eigenvalue weighted by atomic mass is 9.45. The Labute approximate surface area is 303 Å². The number of aromatic amines is 1. The average Bonchev–Trinajstić information content (AvgIpc) is 3.60. The maximum absolute atomic E-state index is 14.3. The molecule has 0 bridgehead atoms. The minimum absolute atomic E-state index is 0.212. The highest BCUT2D eigenvalue weighted by atomic mass is 19.1. The molecule has 2 heterocycles. The Bertz CT molecular complexity index is 1750. The van der Waals surface area contributed by atoms with Gasteiger partial charge in [0.15, 0.2) is 0 Å². The summed E-state index contributed by atoms with van der Waals surface area (Å²) in [6.45, 7) is 8.41. The first kappa shape index (κ1) is 35.0. The lowest BCUT2D eigenvalue weighted by Crippen LogP contribution is -2.54. The highest BCUT2D eigenvalue weighted by Gasteiger charge is 2.60. The molecular weight excluding hydrogens is 638 g/mol. The number of Topliss-reactive ketones (excluding diaryl/α,β-unsaturated/α-hetero) is 1. The van der Waals surface area contributed by atoms with E-state index < -0.39 is 5.82 Å². The van der Waals surface area contributed by atoms with Crippen LogP contribution in [0.25, 0.3) is 22.2 Å². The number of halogens is 1. The number of rotatable bonds is 12. The molecule has 1 aliphatic heterocycles. The van der Waals surface area contributed by atoms with Crippen molar-refractivity contribution in [2.45, 2.75) is 123 Å². The average molecular weight is 696 g/mol. The standard InChI is InChI=1S/C44H58FN3O3/c1-43-19-16-32(49)24-30(43)12-13-33-36-14-15-39(44(36,2)20-17-37(33)43)51-23-7-5-3-4-6-21-46-27-28-8-10-29(11-9-28)41-34-18-22-47-42(50)35-25-31(45)26-38(48-41)40(34)35/h8-11,25-26,30,33,36-37,39,46,48H,3-7,12-24,27H2,1-2H3,(H,47,50)/t30-,33-,36-,37-,39-,43-,44-/m0/s1. The SMILES string of the molecule is C[C@]12CCC(=O)C[C@@H]1CC[C@@H]1[C@@H]2CC[C@]2(C)[C@@H](OCCCCCCCNCc3ccc(-c4[nH]c5cc(F)cc6c5c4CCNC6=O)cc3)CC[C@@H]12. The fourth-order valence-electron chi connectivity index (χ4n) is 11.8. The predicted octanol–water partition coefficient (Wildman–Crippen LogP) is 9.30. The molecule has 8 rings (SSSR count). The Morgan fingerprint density at radius 2 is 1.69 bits per heavy atom. The lowest BCUT2D eigenvalue weighted by molar-refractivity contribution is -0.145. The van der Waals surface area contributed by atoms with Crippen molar-refractivity contribution in [2.24, 2.45) is 34.5 Å². The van der Waals surface area contributed by atoms with Crippen molar-refractivity contribution in [2.75, 3.05) is 19.7 Å². The Kier molecular flexibility index (Phi) is 9.90. The number of ketones is 1. The molecule has 0 spiro atoms. The molecule has 0 radical (unpaired) electrons. The summed E-state index contributed by atoms with van der Waals surface area (Å²) in [5.74, 6) is 3.01. The number of amides is 1. The van der Waals surface area contributed by atoms with Gasteiger partial charge in [-0.05, 0) is 134 Å². The molecule has 4 saturated carbocycles. The van der Waals surface area contributed by atoms with Crippen molar-refractivity contribution in [3.8, 4) is 11.3 Å². The van der Waals surface area contributed by atoms with Gasteiger partial charge in [0.05, 0.1) is 11.7 Å². The van der Waals surface area contributed by atoms with Crippen LogP contribution in [-0.2, 0) is 22.5 Å². The molecule has 7 atom stereocenters. The van der Waals surface area contributed by atoms with E-state index in [1.807, 2.05) is 0 Å². The van der Waals surface area contributed by atoms with Crippen molar-refractivity contribution in [3.63, 3.8) is 0 Å². The molecule has 6 nitrogen and oxygen atoms in total. The van der Waals surface area contributed by atoms with E-state index in [1.54, 1.807) is 0 Å². The summed E-state index contributed by atoms with van der Waals surface area (Å²) in [7, 11) is 0. The van der Waals surface area contributed by atoms with Gasteiger partial charge in [-0.1, -0.05) is 57.4 Å². The molecule has 4 aliphatic carbocycles. The van der Waals surface area contributed by atoms with Crippen LogP contribution in [0, 0.1) is 40.3 Å². The highest BCUT2D eigenvalue weighted by Crippen LogP contribution is 2.66. The zero-order chi connectivity index (χ0) is 35.2. The van der Waals surface area contributed by atoms with Crippen LogP contribution in [0.15, 0.2) is 36.4 Å². The summed E-state index contributed by atoms with van der Waals surface area (Å²) >= 11 is 0. The summed E-state index contributed by atoms with van der Waals surface area (Å²) in [6, 6.07) is 11.4. The number of aromatic nitrogens is 1. The number of unbranched alkanes of at least 4 members (excludes halogenated alkanes) is 4. The topological polar surface area (TPSA) is 83.2 Å². The Morgan fingerprint density at radius 3 is 2.55 bits per heavy atom. The summed E-state index contributed by atoms with van der Waals surface area (Å²) < 4.78 is 20.9. The molecule has 0 unspecified atom stereocenters. The molecular formula is C44H58FN3O3. The fourth-order valence-corrected chi connectivity index (χ4v) is 11.8. The number of H-pyrrole nitrogens is 1. The number of ether oxygens (including phenoxy) is 1. The Hall–Kier alpha value is -3.03. The Morgan fingerprint density at radius 1 is 0.882 bits per heavy atom. The summed E-state index contributed by atoms with van der Waals surface area (Å²) in [4.78, 5) is 28.2. The van der Waals surface area contributed by atoms with Gasteiger partial charge in [-0.2, -0.15) is 0 Å². The number of benzene rings is 2. The van der Waals surface area contributed by atoms with Crippen LogP contribution in [-0.4, -0.2) is 42.5 Å². The second-order valence-electron chi connectivity index (χ2n) is 17.4. The van der Waals surface area contributed by atoms with Gasteiger partial charge < -0.3 is 20.4 Å². The van der Waals surface area contributed by atoms with Gasteiger partial charge in [0.25, 0.3) is 5.91 Å². The monoisotopic (exact) mass is 695 g/mol. The van der Waals surface area contributed by atoms with Crippen LogP contribution in [0.4, 0.5) is 4.39 Å². The molecule has 5 aliphatic rings. The molecule has 3 aromatic rings. The van der Waals surface area contributed by atoms with Crippen molar-refractivity contribution in [1.82, 2.24) is 15.6 Å². The predicted molar refractivity (Wildman–Crippen MR) is 201 cm³/mol. The molecule has 274 valence electrons. The zero-order valence-corrected chi connectivity index (χ0v) is 30.9. The van der Waals surface area contributed by atoms with Crippen LogP contribution >= 0.6 is 0 Å². The second kappa shape index (κ2) is 14.4. The van der Waals surface area contributed by atoms with Gasteiger partial charge in [0, 0.05) is 49.1 Å². The molecule has 0 saturated heterocycles. The second-order valence-corrected chi connectivity index (χ2v) is 17.4. The smallest absolute Gasteiger partial charge is 0.252 e. The van der Waals surface area contributed by atoms with Crippen molar-refractivity contribution in [1.29, 1.82) is 0 Å². The number of hydrogen-bond acceptors (Lipinski definition) is 4. The number of fused-ring (bicyclic) bond motifs is 5. The molecule has 4 fully saturated rings. The summed E-state index contributed by atoms with van der Waals surface area (Å²) in [6.07, 6.45) is 17.9. The van der Waals surface area contributed by atoms with Gasteiger partial charge in [-0.15, -0.1) is 0 Å². The molecule has 1 aromatic heterocycles. The summed E-state index contributed by atoms with van der Waals surface area (Å²) in [5, 5.41) is 7.35. The molecule has 51 heavy (non-hydrogen) atoms. The van der Waals surface area contributed by atoms with Gasteiger partial charge in [-0.25, -0.2) is 4.39 Å². The normalized spacial score (nSPS) is 31.5. The third-order valence-electron chi connectivity index (χ3n) is 14.7. The van der Waals surface area contributed by atoms with Gasteiger partial charge in [0.1, 0.15) is 11.6 Å². The van der Waals surface area contributed by atoms with Gasteiger partial charge in [-0.3, -0.25) is 9.59 Å². The minimum atomic E-state index is -0.402. The van der Waals surface area contributed by atoms with Crippen molar-refractivity contribution >= 4 is 22.6 Å². The summed E-state index contributed by atoms with van der Waals surface area (Å²) in [5.41, 5.74) is 6.17. The van der Waals surface area contributed by atoms with E-state index >= 15 is 0 Å². The van der Waals surface area contributed by atoms with Crippen LogP contribution in [0.1, 0.15) is 125 Å². The minimum Gasteiger partial charge on any atom is -0.378 e. The molecule has 3 N–H and O–H groups in total. The van der Waals surface area contributed by atoms with Crippen LogP contribution in [0.2, 0.25) is 0 Å². The molecule has 7 heteroatoms. The molecule has 1 amide bonds. The third-order valence-corrected chi connectivity index (χ3v) is 14.7. The fraction of sp³-hybridized carbons (Fsp3) is 0.636. The van der Waals surface area contributed by atoms with Crippen LogP contribution < -0.4 is 10.6 Å². The largest absolute Gasteiger partial charge is 0.378 e. The van der Waals surface area contributed by atoms with E-state index in [0.29, 0.717) is 52.7 Å². The maximum Gasteiger partial charge on any atom is 0.252 e. The number of carbonyl (C=O) groups excluding carboxylic acids is 2. The third kappa shape index (κ3) is 6.60. The van der Waals surface area contributed by atoms with Gasteiger partial charge in [0.2, 0.25) is 0 Å².